The molecule has 0 radical (unpaired) electrons. The van der Waals surface area contributed by atoms with E-state index >= 15 is 0 Å². The molecular weight excluding hydrogens is 230 g/mol. The predicted octanol–water partition coefficient (Wildman–Crippen LogP) is 2.65. The SMILES string of the molecule is CCC(C)N(CC)c1cc(C(N)=S)cc(C)n1. The molecule has 4 heteroatoms. The van der Waals surface area contributed by atoms with Gasteiger partial charge in [-0.15, -0.1) is 0 Å². The third-order valence-corrected chi connectivity index (χ3v) is 3.22. The number of hydrogen-bond acceptors (Lipinski definition) is 3. The van der Waals surface area contributed by atoms with Crippen LogP contribution in [-0.2, 0) is 0 Å². The largest absolute Gasteiger partial charge is 0.389 e. The number of thiocarbonyl (C=S) groups is 1. The minimum absolute atomic E-state index is 0.428. The zero-order chi connectivity index (χ0) is 13.0. The van der Waals surface area contributed by atoms with Gasteiger partial charge in [0.05, 0.1) is 0 Å². The molecule has 0 amide bonds. The van der Waals surface area contributed by atoms with Crippen LogP contribution in [0.5, 0.6) is 0 Å². The summed E-state index contributed by atoms with van der Waals surface area (Å²) in [6.45, 7) is 9.42. The Morgan fingerprint density at radius 2 is 2.12 bits per heavy atom. The van der Waals surface area contributed by atoms with Gasteiger partial charge < -0.3 is 10.6 Å². The Bertz CT molecular complexity index is 404. The highest BCUT2D eigenvalue weighted by atomic mass is 32.1. The lowest BCUT2D eigenvalue weighted by Gasteiger charge is -2.29. The third-order valence-electron chi connectivity index (χ3n) is 2.98. The minimum atomic E-state index is 0.428. The zero-order valence-electron chi connectivity index (χ0n) is 11.0. The lowest BCUT2D eigenvalue weighted by Crippen LogP contribution is -2.33. The first-order valence-corrected chi connectivity index (χ1v) is 6.45. The van der Waals surface area contributed by atoms with E-state index < -0.39 is 0 Å². The monoisotopic (exact) mass is 251 g/mol. The lowest BCUT2D eigenvalue weighted by molar-refractivity contribution is 0.622. The second-order valence-corrected chi connectivity index (χ2v) is 4.70. The van der Waals surface area contributed by atoms with E-state index in [2.05, 4.69) is 30.7 Å². The Morgan fingerprint density at radius 3 is 2.59 bits per heavy atom. The molecule has 3 nitrogen and oxygen atoms in total. The number of aromatic nitrogens is 1. The second kappa shape index (κ2) is 5.96. The summed E-state index contributed by atoms with van der Waals surface area (Å²) in [5, 5.41) is 0. The average Bonchev–Trinajstić information content (AvgIpc) is 2.28. The van der Waals surface area contributed by atoms with E-state index in [1.165, 1.54) is 0 Å². The highest BCUT2D eigenvalue weighted by molar-refractivity contribution is 7.80. The Balaban J connectivity index is 3.15. The van der Waals surface area contributed by atoms with Crippen molar-refractivity contribution < 1.29 is 0 Å². The molecule has 1 aromatic heterocycles. The van der Waals surface area contributed by atoms with E-state index in [1.807, 2.05) is 19.1 Å². The van der Waals surface area contributed by atoms with Crippen molar-refractivity contribution in [3.8, 4) is 0 Å². The van der Waals surface area contributed by atoms with E-state index in [0.29, 0.717) is 11.0 Å². The van der Waals surface area contributed by atoms with E-state index in [0.717, 1.165) is 30.0 Å². The van der Waals surface area contributed by atoms with Gasteiger partial charge in [-0.05, 0) is 39.3 Å². The summed E-state index contributed by atoms with van der Waals surface area (Å²) in [5.41, 5.74) is 7.53. The summed E-state index contributed by atoms with van der Waals surface area (Å²) in [7, 11) is 0. The molecule has 0 fully saturated rings. The van der Waals surface area contributed by atoms with Gasteiger partial charge in [0.15, 0.2) is 0 Å². The van der Waals surface area contributed by atoms with Gasteiger partial charge in [0.1, 0.15) is 10.8 Å². The summed E-state index contributed by atoms with van der Waals surface area (Å²) in [5.74, 6) is 0.963. The van der Waals surface area contributed by atoms with Crippen LogP contribution in [0.25, 0.3) is 0 Å². The molecule has 0 bridgehead atoms. The average molecular weight is 251 g/mol. The van der Waals surface area contributed by atoms with Crippen LogP contribution >= 0.6 is 12.2 Å². The second-order valence-electron chi connectivity index (χ2n) is 4.26. The van der Waals surface area contributed by atoms with Crippen LogP contribution in [0.15, 0.2) is 12.1 Å². The fraction of sp³-hybridized carbons (Fsp3) is 0.538. The Kier molecular flexibility index (Phi) is 4.87. The highest BCUT2D eigenvalue weighted by Gasteiger charge is 2.13. The fourth-order valence-electron chi connectivity index (χ4n) is 1.86. The van der Waals surface area contributed by atoms with Crippen molar-refractivity contribution >= 4 is 23.0 Å². The number of nitrogens with two attached hydrogens (primary N) is 1. The molecule has 1 atom stereocenters. The van der Waals surface area contributed by atoms with Gasteiger partial charge in [-0.1, -0.05) is 19.1 Å². The standard InChI is InChI=1S/C13H21N3S/c1-5-10(4)16(6-2)12-8-11(13(14)17)7-9(3)15-12/h7-8,10H,5-6H2,1-4H3,(H2,14,17). The maximum atomic E-state index is 5.69. The van der Waals surface area contributed by atoms with Crippen LogP contribution in [0, 0.1) is 6.92 Å². The number of pyridine rings is 1. The number of rotatable bonds is 5. The molecule has 1 heterocycles. The van der Waals surface area contributed by atoms with Crippen LogP contribution in [0.1, 0.15) is 38.4 Å². The molecule has 0 saturated heterocycles. The maximum Gasteiger partial charge on any atom is 0.129 e. The van der Waals surface area contributed by atoms with Crippen molar-refractivity contribution in [2.24, 2.45) is 5.73 Å². The van der Waals surface area contributed by atoms with Crippen molar-refractivity contribution in [1.29, 1.82) is 0 Å². The minimum Gasteiger partial charge on any atom is -0.389 e. The van der Waals surface area contributed by atoms with Crippen molar-refractivity contribution in [3.63, 3.8) is 0 Å². The molecular formula is C13H21N3S. The van der Waals surface area contributed by atoms with E-state index in [4.69, 9.17) is 18.0 Å². The summed E-state index contributed by atoms with van der Waals surface area (Å²) < 4.78 is 0. The summed E-state index contributed by atoms with van der Waals surface area (Å²) >= 11 is 5.03. The normalized spacial score (nSPS) is 12.2. The van der Waals surface area contributed by atoms with E-state index in [1.54, 1.807) is 0 Å². The highest BCUT2D eigenvalue weighted by Crippen LogP contribution is 2.18. The van der Waals surface area contributed by atoms with Crippen LogP contribution < -0.4 is 10.6 Å². The topological polar surface area (TPSA) is 42.1 Å². The molecule has 0 aliphatic carbocycles. The molecule has 0 aromatic carbocycles. The van der Waals surface area contributed by atoms with Gasteiger partial charge >= 0.3 is 0 Å². The first kappa shape index (κ1) is 13.9. The van der Waals surface area contributed by atoms with Crippen LogP contribution in [0.2, 0.25) is 0 Å². The van der Waals surface area contributed by atoms with Gasteiger partial charge in [-0.2, -0.15) is 0 Å². The smallest absolute Gasteiger partial charge is 0.129 e. The third kappa shape index (κ3) is 3.40. The van der Waals surface area contributed by atoms with Gasteiger partial charge in [-0.25, -0.2) is 4.98 Å². The lowest BCUT2D eigenvalue weighted by atomic mass is 10.2. The number of nitrogens with zero attached hydrogens (tertiary/aromatic N) is 2. The first-order valence-electron chi connectivity index (χ1n) is 6.04. The molecule has 0 aliphatic heterocycles. The van der Waals surface area contributed by atoms with Gasteiger partial charge in [-0.3, -0.25) is 0 Å². The summed E-state index contributed by atoms with van der Waals surface area (Å²) in [4.78, 5) is 7.27. The molecule has 0 saturated carbocycles. The Labute approximate surface area is 109 Å². The predicted molar refractivity (Wildman–Crippen MR) is 77.6 cm³/mol. The molecule has 94 valence electrons. The summed E-state index contributed by atoms with van der Waals surface area (Å²) in [6.07, 6.45) is 1.09. The van der Waals surface area contributed by atoms with Crippen LogP contribution in [0.4, 0.5) is 5.82 Å². The molecule has 2 N–H and O–H groups in total. The quantitative estimate of drug-likeness (QED) is 0.817. The Hall–Kier alpha value is -1.16. The zero-order valence-corrected chi connectivity index (χ0v) is 11.8. The molecule has 1 unspecified atom stereocenters. The van der Waals surface area contributed by atoms with Gasteiger partial charge in [0.25, 0.3) is 0 Å². The first-order chi connectivity index (χ1) is 7.99. The number of hydrogen-bond donors (Lipinski definition) is 1. The maximum absolute atomic E-state index is 5.69. The molecule has 0 spiro atoms. The fourth-order valence-corrected chi connectivity index (χ4v) is 1.98. The Morgan fingerprint density at radius 1 is 1.47 bits per heavy atom. The van der Waals surface area contributed by atoms with E-state index in [-0.39, 0.29) is 0 Å². The molecule has 17 heavy (non-hydrogen) atoms. The molecule has 0 aliphatic rings. The van der Waals surface area contributed by atoms with Gasteiger partial charge in [0, 0.05) is 23.8 Å². The summed E-state index contributed by atoms with van der Waals surface area (Å²) in [6, 6.07) is 4.37. The van der Waals surface area contributed by atoms with Crippen molar-refractivity contribution in [1.82, 2.24) is 4.98 Å². The van der Waals surface area contributed by atoms with Crippen LogP contribution in [-0.4, -0.2) is 22.6 Å². The van der Waals surface area contributed by atoms with Crippen molar-refractivity contribution in [2.75, 3.05) is 11.4 Å². The van der Waals surface area contributed by atoms with Crippen molar-refractivity contribution in [2.45, 2.75) is 40.2 Å². The van der Waals surface area contributed by atoms with Gasteiger partial charge in [0.2, 0.25) is 0 Å². The van der Waals surface area contributed by atoms with Crippen LogP contribution in [0.3, 0.4) is 0 Å². The number of aryl methyl sites for hydroxylation is 1. The van der Waals surface area contributed by atoms with Crippen molar-refractivity contribution in [3.05, 3.63) is 23.4 Å². The number of anilines is 1. The molecule has 1 rings (SSSR count). The molecule has 1 aromatic rings. The van der Waals surface area contributed by atoms with E-state index in [9.17, 15) is 0 Å².